The van der Waals surface area contributed by atoms with Gasteiger partial charge in [0.05, 0.1) is 21.2 Å². The Morgan fingerprint density at radius 1 is 0.963 bits per heavy atom. The molecule has 0 radical (unpaired) electrons. The van der Waals surface area contributed by atoms with Gasteiger partial charge in [-0.05, 0) is 31.2 Å². The summed E-state index contributed by atoms with van der Waals surface area (Å²) < 4.78 is 10.5. The van der Waals surface area contributed by atoms with Crippen molar-refractivity contribution in [2.75, 3.05) is 13.2 Å². The molecule has 140 valence electrons. The normalized spacial score (nSPS) is 14.1. The van der Waals surface area contributed by atoms with Gasteiger partial charge < -0.3 is 9.47 Å². The number of nitrogens with zero attached hydrogens (tertiary/aromatic N) is 1. The lowest BCUT2D eigenvalue weighted by molar-refractivity contribution is -0.148. The zero-order valence-corrected chi connectivity index (χ0v) is 15.8. The lowest BCUT2D eigenvalue weighted by atomic mass is 10.1. The molecule has 2 aromatic carbocycles. The van der Waals surface area contributed by atoms with Gasteiger partial charge in [0.15, 0.2) is 5.75 Å². The van der Waals surface area contributed by atoms with Gasteiger partial charge in [-0.2, -0.15) is 0 Å². The average Bonchev–Trinajstić information content (AvgIpc) is 2.91. The van der Waals surface area contributed by atoms with Crippen molar-refractivity contribution in [1.29, 1.82) is 0 Å². The molecule has 1 heterocycles. The van der Waals surface area contributed by atoms with Crippen molar-refractivity contribution in [1.82, 2.24) is 4.90 Å². The summed E-state index contributed by atoms with van der Waals surface area (Å²) in [4.78, 5) is 37.9. The van der Waals surface area contributed by atoms with Crippen molar-refractivity contribution in [3.8, 4) is 5.75 Å². The molecule has 27 heavy (non-hydrogen) atoms. The van der Waals surface area contributed by atoms with Crippen LogP contribution in [0, 0.1) is 0 Å². The van der Waals surface area contributed by atoms with Crippen molar-refractivity contribution >= 4 is 41.0 Å². The number of benzene rings is 2. The molecular formula is C19H15Cl2NO5. The van der Waals surface area contributed by atoms with Gasteiger partial charge in [-0.15, -0.1) is 0 Å². The fraction of sp³-hybridized carbons (Fsp3) is 0.211. The lowest BCUT2D eigenvalue weighted by Gasteiger charge is -2.21. The van der Waals surface area contributed by atoms with Crippen LogP contribution in [0.3, 0.4) is 0 Å². The van der Waals surface area contributed by atoms with E-state index in [0.29, 0.717) is 15.8 Å². The molecule has 1 atom stereocenters. The van der Waals surface area contributed by atoms with Gasteiger partial charge in [0.1, 0.15) is 19.3 Å². The topological polar surface area (TPSA) is 72.9 Å². The predicted molar refractivity (Wildman–Crippen MR) is 99.3 cm³/mol. The largest absolute Gasteiger partial charge is 0.487 e. The molecule has 0 aliphatic carbocycles. The van der Waals surface area contributed by atoms with Crippen LogP contribution in [0.25, 0.3) is 0 Å². The number of rotatable bonds is 6. The van der Waals surface area contributed by atoms with Crippen molar-refractivity contribution in [3.05, 3.63) is 63.6 Å². The first kappa shape index (κ1) is 19.2. The number of para-hydroxylation sites is 1. The number of fused-ring (bicyclic) bond motifs is 1. The van der Waals surface area contributed by atoms with E-state index < -0.39 is 23.8 Å². The van der Waals surface area contributed by atoms with Crippen molar-refractivity contribution in [2.45, 2.75) is 13.0 Å². The Bertz CT molecular complexity index is 859. The highest BCUT2D eigenvalue weighted by Crippen LogP contribution is 2.32. The highest BCUT2D eigenvalue weighted by atomic mass is 35.5. The third-order valence-corrected chi connectivity index (χ3v) is 4.64. The van der Waals surface area contributed by atoms with E-state index in [1.54, 1.807) is 42.5 Å². The SMILES string of the molecule is CC(C(=O)OCCOc1c(Cl)cccc1Cl)N1C(=O)c2ccccc2C1=O. The summed E-state index contributed by atoms with van der Waals surface area (Å²) in [5.74, 6) is -1.44. The molecule has 0 N–H and O–H groups in total. The second-order valence-corrected chi connectivity index (χ2v) is 6.58. The Balaban J connectivity index is 1.56. The van der Waals surface area contributed by atoms with Crippen LogP contribution in [-0.4, -0.2) is 41.9 Å². The van der Waals surface area contributed by atoms with Crippen LogP contribution in [0.15, 0.2) is 42.5 Å². The minimum Gasteiger partial charge on any atom is -0.487 e. The predicted octanol–water partition coefficient (Wildman–Crippen LogP) is 3.60. The molecule has 3 rings (SSSR count). The van der Waals surface area contributed by atoms with Gasteiger partial charge in [0.2, 0.25) is 0 Å². The quantitative estimate of drug-likeness (QED) is 0.415. The zero-order chi connectivity index (χ0) is 19.6. The number of hydrogen-bond acceptors (Lipinski definition) is 5. The third-order valence-electron chi connectivity index (χ3n) is 4.05. The highest BCUT2D eigenvalue weighted by Gasteiger charge is 2.41. The Labute approximate surface area is 165 Å². The first-order valence-electron chi connectivity index (χ1n) is 8.12. The van der Waals surface area contributed by atoms with E-state index in [4.69, 9.17) is 32.7 Å². The molecule has 8 heteroatoms. The van der Waals surface area contributed by atoms with Crippen molar-refractivity contribution < 1.29 is 23.9 Å². The molecule has 2 aromatic rings. The second-order valence-electron chi connectivity index (χ2n) is 5.77. The number of hydrogen-bond donors (Lipinski definition) is 0. The maximum absolute atomic E-state index is 12.4. The number of carbonyl (C=O) groups excluding carboxylic acids is 3. The molecular weight excluding hydrogens is 393 g/mol. The maximum atomic E-state index is 12.4. The molecule has 0 saturated carbocycles. The fourth-order valence-corrected chi connectivity index (χ4v) is 3.20. The van der Waals surface area contributed by atoms with E-state index >= 15 is 0 Å². The number of carbonyl (C=O) groups is 3. The summed E-state index contributed by atoms with van der Waals surface area (Å²) in [6, 6.07) is 10.3. The smallest absolute Gasteiger partial charge is 0.329 e. The Hall–Kier alpha value is -2.57. The van der Waals surface area contributed by atoms with Crippen LogP contribution in [0.2, 0.25) is 10.0 Å². The number of amides is 2. The van der Waals surface area contributed by atoms with Crippen molar-refractivity contribution in [2.24, 2.45) is 0 Å². The van der Waals surface area contributed by atoms with Gasteiger partial charge in [-0.25, -0.2) is 4.79 Å². The van der Waals surface area contributed by atoms with Crippen LogP contribution < -0.4 is 4.74 Å². The molecule has 0 fully saturated rings. The monoisotopic (exact) mass is 407 g/mol. The third kappa shape index (κ3) is 3.77. The summed E-state index contributed by atoms with van der Waals surface area (Å²) in [6.45, 7) is 1.37. The number of ether oxygens (including phenoxy) is 2. The Kier molecular flexibility index (Phi) is 5.68. The molecule has 0 aromatic heterocycles. The van der Waals surface area contributed by atoms with Gasteiger partial charge in [0.25, 0.3) is 11.8 Å². The van der Waals surface area contributed by atoms with Crippen molar-refractivity contribution in [3.63, 3.8) is 0 Å². The highest BCUT2D eigenvalue weighted by molar-refractivity contribution is 6.37. The average molecular weight is 408 g/mol. The first-order chi connectivity index (χ1) is 12.9. The second kappa shape index (κ2) is 7.98. The molecule has 0 saturated heterocycles. The minimum absolute atomic E-state index is 0.0179. The van der Waals surface area contributed by atoms with E-state index in [-0.39, 0.29) is 24.3 Å². The van der Waals surface area contributed by atoms with Gasteiger partial charge in [0, 0.05) is 0 Å². The summed E-state index contributed by atoms with van der Waals surface area (Å²) in [7, 11) is 0. The Morgan fingerprint density at radius 2 is 1.52 bits per heavy atom. The van der Waals surface area contributed by atoms with E-state index in [1.165, 1.54) is 6.92 Å². The summed E-state index contributed by atoms with van der Waals surface area (Å²) in [6.07, 6.45) is 0. The Morgan fingerprint density at radius 3 is 2.07 bits per heavy atom. The number of halogens is 2. The van der Waals surface area contributed by atoms with E-state index in [0.717, 1.165) is 4.90 Å². The van der Waals surface area contributed by atoms with E-state index in [9.17, 15) is 14.4 Å². The number of esters is 1. The molecule has 0 spiro atoms. The maximum Gasteiger partial charge on any atom is 0.329 e. The molecule has 0 bridgehead atoms. The van der Waals surface area contributed by atoms with Crippen LogP contribution in [0.1, 0.15) is 27.6 Å². The minimum atomic E-state index is -1.05. The fourth-order valence-electron chi connectivity index (χ4n) is 2.69. The zero-order valence-electron chi connectivity index (χ0n) is 14.3. The molecule has 6 nitrogen and oxygen atoms in total. The van der Waals surface area contributed by atoms with Crippen LogP contribution >= 0.6 is 23.2 Å². The van der Waals surface area contributed by atoms with Gasteiger partial charge >= 0.3 is 5.97 Å². The van der Waals surface area contributed by atoms with E-state index in [2.05, 4.69) is 0 Å². The molecule has 2 amide bonds. The first-order valence-corrected chi connectivity index (χ1v) is 8.87. The van der Waals surface area contributed by atoms with Crippen LogP contribution in [0.4, 0.5) is 0 Å². The van der Waals surface area contributed by atoms with Crippen LogP contribution in [-0.2, 0) is 9.53 Å². The van der Waals surface area contributed by atoms with Crippen LogP contribution in [0.5, 0.6) is 5.75 Å². The number of imide groups is 1. The molecule has 1 aliphatic heterocycles. The summed E-state index contributed by atoms with van der Waals surface area (Å²) in [5, 5.41) is 0.682. The molecule has 1 unspecified atom stereocenters. The molecule has 1 aliphatic rings. The van der Waals surface area contributed by atoms with Gasteiger partial charge in [-0.1, -0.05) is 41.4 Å². The van der Waals surface area contributed by atoms with E-state index in [1.807, 2.05) is 0 Å². The standard InChI is InChI=1S/C19H15Cl2NO5/c1-11(22-17(23)12-5-2-3-6-13(12)18(22)24)19(25)27-10-9-26-16-14(20)7-4-8-15(16)21/h2-8,11H,9-10H2,1H3. The lowest BCUT2D eigenvalue weighted by Crippen LogP contribution is -2.44. The summed E-state index contributed by atoms with van der Waals surface area (Å²) in [5.41, 5.74) is 0.553. The van der Waals surface area contributed by atoms with Gasteiger partial charge in [-0.3, -0.25) is 14.5 Å². The summed E-state index contributed by atoms with van der Waals surface area (Å²) >= 11 is 12.0.